The fraction of sp³-hybridized carbons (Fsp3) is 0.150. The van der Waals surface area contributed by atoms with Gasteiger partial charge in [0.2, 0.25) is 0 Å². The third-order valence-electron chi connectivity index (χ3n) is 4.45. The largest absolute Gasteiger partial charge is 0.504 e. The SMILES string of the molecule is Cc1cc(C)c(S(=O)(=O)C(=[N+]=[N-])S(=O)(=O)c2cccc3ccccc23)c(C)c1. The van der Waals surface area contributed by atoms with E-state index < -0.39 is 24.1 Å². The van der Waals surface area contributed by atoms with Crippen LogP contribution in [-0.2, 0) is 19.7 Å². The molecule has 0 heterocycles. The zero-order chi connectivity index (χ0) is 20.7. The first kappa shape index (κ1) is 19.9. The highest BCUT2D eigenvalue weighted by Gasteiger charge is 2.45. The zero-order valence-electron chi connectivity index (χ0n) is 15.5. The Bertz CT molecular complexity index is 1340. The second kappa shape index (κ2) is 6.98. The van der Waals surface area contributed by atoms with Crippen molar-refractivity contribution in [1.29, 1.82) is 0 Å². The Kier molecular flexibility index (Phi) is 4.97. The molecular weight excluding hydrogens is 396 g/mol. The average molecular weight is 415 g/mol. The molecule has 3 rings (SSSR count). The summed E-state index contributed by atoms with van der Waals surface area (Å²) in [5.74, 6) is 0. The number of aryl methyl sites for hydroxylation is 3. The lowest BCUT2D eigenvalue weighted by Crippen LogP contribution is -2.27. The molecule has 3 aromatic carbocycles. The van der Waals surface area contributed by atoms with Gasteiger partial charge in [0.1, 0.15) is 0 Å². The molecule has 0 bridgehead atoms. The summed E-state index contributed by atoms with van der Waals surface area (Å²) in [5, 5.41) is 0.972. The molecule has 0 saturated carbocycles. The van der Waals surface area contributed by atoms with Gasteiger partial charge >= 0.3 is 4.38 Å². The van der Waals surface area contributed by atoms with E-state index in [0.29, 0.717) is 21.9 Å². The first-order valence-corrected chi connectivity index (χ1v) is 11.3. The quantitative estimate of drug-likeness (QED) is 0.276. The Balaban J connectivity index is 2.31. The van der Waals surface area contributed by atoms with Gasteiger partial charge in [-0.25, -0.2) is 16.8 Å². The topological polar surface area (TPSA) is 105 Å². The Hall–Kier alpha value is -2.80. The third kappa shape index (κ3) is 3.16. The smallest absolute Gasteiger partial charge is 0.359 e. The second-order valence-electron chi connectivity index (χ2n) is 6.58. The highest BCUT2D eigenvalue weighted by atomic mass is 32.3. The second-order valence-corrected chi connectivity index (χ2v) is 10.5. The predicted molar refractivity (Wildman–Crippen MR) is 108 cm³/mol. The highest BCUT2D eigenvalue weighted by molar-refractivity contribution is 8.31. The van der Waals surface area contributed by atoms with Crippen molar-refractivity contribution in [2.45, 2.75) is 30.6 Å². The molecule has 0 N–H and O–H groups in total. The molecule has 0 spiro atoms. The molecule has 0 amide bonds. The van der Waals surface area contributed by atoms with Crippen molar-refractivity contribution < 1.29 is 21.6 Å². The van der Waals surface area contributed by atoms with Crippen molar-refractivity contribution in [3.8, 4) is 0 Å². The van der Waals surface area contributed by atoms with E-state index in [1.165, 1.54) is 12.1 Å². The van der Waals surface area contributed by atoms with Crippen LogP contribution in [0.25, 0.3) is 16.3 Å². The van der Waals surface area contributed by atoms with Crippen LogP contribution in [0.2, 0.25) is 0 Å². The van der Waals surface area contributed by atoms with Crippen LogP contribution in [0.15, 0.2) is 64.4 Å². The fourth-order valence-corrected chi connectivity index (χ4v) is 7.41. The van der Waals surface area contributed by atoms with Gasteiger partial charge in [-0.15, -0.1) is 4.79 Å². The maximum atomic E-state index is 13.2. The lowest BCUT2D eigenvalue weighted by atomic mass is 10.1. The molecule has 0 aliphatic rings. The number of benzene rings is 3. The molecule has 0 aliphatic carbocycles. The summed E-state index contributed by atoms with van der Waals surface area (Å²) in [4.78, 5) is 2.33. The first-order valence-electron chi connectivity index (χ1n) is 8.38. The molecule has 28 heavy (non-hydrogen) atoms. The number of rotatable bonds is 2. The lowest BCUT2D eigenvalue weighted by Gasteiger charge is -2.10. The third-order valence-corrected chi connectivity index (χ3v) is 8.97. The van der Waals surface area contributed by atoms with Gasteiger partial charge in [0.15, 0.2) is 0 Å². The molecule has 0 fully saturated rings. The molecular formula is C20H18N2O4S2. The van der Waals surface area contributed by atoms with Crippen LogP contribution < -0.4 is 0 Å². The molecule has 144 valence electrons. The summed E-state index contributed by atoms with van der Waals surface area (Å²) in [5.41, 5.74) is 11.1. The van der Waals surface area contributed by atoms with Crippen LogP contribution >= 0.6 is 0 Å². The monoisotopic (exact) mass is 414 g/mol. The van der Waals surface area contributed by atoms with E-state index in [9.17, 15) is 22.4 Å². The van der Waals surface area contributed by atoms with Gasteiger partial charge in [-0.3, -0.25) is 0 Å². The summed E-state index contributed by atoms with van der Waals surface area (Å²) in [6.45, 7) is 4.96. The van der Waals surface area contributed by atoms with E-state index in [4.69, 9.17) is 0 Å². The number of fused-ring (bicyclic) bond motifs is 1. The number of hydrogen-bond donors (Lipinski definition) is 0. The van der Waals surface area contributed by atoms with E-state index in [2.05, 4.69) is 4.79 Å². The normalized spacial score (nSPS) is 12.0. The first-order chi connectivity index (χ1) is 13.1. The highest BCUT2D eigenvalue weighted by Crippen LogP contribution is 2.29. The van der Waals surface area contributed by atoms with Crippen LogP contribution in [0.1, 0.15) is 16.7 Å². The van der Waals surface area contributed by atoms with Gasteiger partial charge in [0, 0.05) is 5.39 Å². The van der Waals surface area contributed by atoms with Crippen molar-refractivity contribution >= 4 is 34.8 Å². The maximum absolute atomic E-state index is 13.2. The Morgan fingerprint density at radius 1 is 0.821 bits per heavy atom. The van der Waals surface area contributed by atoms with Gasteiger partial charge in [-0.2, -0.15) is 0 Å². The van der Waals surface area contributed by atoms with E-state index in [1.807, 2.05) is 6.92 Å². The van der Waals surface area contributed by atoms with Gasteiger partial charge in [-0.05, 0) is 43.4 Å². The summed E-state index contributed by atoms with van der Waals surface area (Å²) in [6.07, 6.45) is 0. The van der Waals surface area contributed by atoms with Gasteiger partial charge in [0.25, 0.3) is 19.7 Å². The summed E-state index contributed by atoms with van der Waals surface area (Å²) < 4.78 is 51.6. The Morgan fingerprint density at radius 2 is 1.39 bits per heavy atom. The van der Waals surface area contributed by atoms with Crippen molar-refractivity contribution in [1.82, 2.24) is 0 Å². The lowest BCUT2D eigenvalue weighted by molar-refractivity contribution is 0.00380. The van der Waals surface area contributed by atoms with Crippen LogP contribution in [0.5, 0.6) is 0 Å². The number of sulfone groups is 2. The minimum atomic E-state index is -4.62. The molecule has 0 aliphatic heterocycles. The maximum Gasteiger partial charge on any atom is 0.504 e. The van der Waals surface area contributed by atoms with Gasteiger partial charge in [0.05, 0.1) is 9.79 Å². The van der Waals surface area contributed by atoms with Crippen molar-refractivity contribution in [3.05, 3.63) is 76.8 Å². The zero-order valence-corrected chi connectivity index (χ0v) is 17.2. The molecule has 0 saturated heterocycles. The molecule has 0 atom stereocenters. The van der Waals surface area contributed by atoms with E-state index in [0.717, 1.165) is 5.56 Å². The molecule has 6 nitrogen and oxygen atoms in total. The summed E-state index contributed by atoms with van der Waals surface area (Å²) >= 11 is 0. The van der Waals surface area contributed by atoms with E-state index in [-0.39, 0.29) is 9.79 Å². The van der Waals surface area contributed by atoms with Crippen molar-refractivity contribution in [3.63, 3.8) is 0 Å². The minimum absolute atomic E-state index is 0.172. The van der Waals surface area contributed by atoms with E-state index in [1.54, 1.807) is 56.3 Å². The summed E-state index contributed by atoms with van der Waals surface area (Å²) in [7, 11) is -9.21. The van der Waals surface area contributed by atoms with Crippen LogP contribution in [0.3, 0.4) is 0 Å². The Labute approximate surface area is 163 Å². The van der Waals surface area contributed by atoms with Gasteiger partial charge < -0.3 is 5.53 Å². The average Bonchev–Trinajstić information content (AvgIpc) is 2.60. The fourth-order valence-electron chi connectivity index (χ4n) is 3.45. The summed E-state index contributed by atoms with van der Waals surface area (Å²) in [6, 6.07) is 14.5. The van der Waals surface area contributed by atoms with Crippen LogP contribution in [-0.4, -0.2) is 26.0 Å². The minimum Gasteiger partial charge on any atom is -0.359 e. The van der Waals surface area contributed by atoms with Crippen molar-refractivity contribution in [2.24, 2.45) is 0 Å². The number of hydrogen-bond acceptors (Lipinski definition) is 4. The van der Waals surface area contributed by atoms with Crippen molar-refractivity contribution in [2.75, 3.05) is 0 Å². The van der Waals surface area contributed by atoms with Gasteiger partial charge in [-0.1, -0.05) is 54.1 Å². The predicted octanol–water partition coefficient (Wildman–Crippen LogP) is 3.60. The molecule has 0 aromatic heterocycles. The molecule has 8 heteroatoms. The van der Waals surface area contributed by atoms with E-state index >= 15 is 0 Å². The number of nitrogens with zero attached hydrogens (tertiary/aromatic N) is 2. The van der Waals surface area contributed by atoms with Crippen LogP contribution in [0.4, 0.5) is 0 Å². The molecule has 0 unspecified atom stereocenters. The Morgan fingerprint density at radius 3 is 2.00 bits per heavy atom. The molecule has 3 aromatic rings. The standard InChI is InChI=1S/C20H18N2O4S2/c1-13-11-14(2)19(15(3)12-13)28(25,26)20(22-21)27(23,24)18-10-6-8-16-7-4-5-9-17(16)18/h4-12H,1-3H3. The van der Waals surface area contributed by atoms with Crippen LogP contribution in [0, 0.1) is 20.8 Å². The molecule has 0 radical (unpaired) electrons.